The fourth-order valence-corrected chi connectivity index (χ4v) is 1.63. The van der Waals surface area contributed by atoms with Crippen molar-refractivity contribution in [2.45, 2.75) is 53.4 Å². The molecule has 0 saturated heterocycles. The molecule has 0 aromatic rings. The Morgan fingerprint density at radius 1 is 0.542 bits per heavy atom. The molecule has 0 unspecified atom stereocenters. The zero-order valence-electron chi connectivity index (χ0n) is 14.4. The van der Waals surface area contributed by atoms with Gasteiger partial charge in [-0.05, 0) is 12.8 Å². The maximum absolute atomic E-state index is 10.9. The second kappa shape index (κ2) is 12.3. The molecule has 0 rings (SSSR count). The van der Waals surface area contributed by atoms with E-state index in [1.807, 2.05) is 0 Å². The minimum absolute atomic E-state index is 0.233. The van der Waals surface area contributed by atoms with Crippen LogP contribution in [0.25, 0.3) is 0 Å². The predicted octanol–water partition coefficient (Wildman–Crippen LogP) is 1.06. The SMILES string of the molecule is CC(=O)ON(CCCCCCN(OC(C)=O)OC(C)=O)OC(C)=O. The highest BCUT2D eigenvalue weighted by molar-refractivity contribution is 5.67. The molecule has 0 bridgehead atoms. The van der Waals surface area contributed by atoms with Gasteiger partial charge in [-0.15, -0.1) is 0 Å². The Labute approximate surface area is 140 Å². The van der Waals surface area contributed by atoms with Crippen molar-refractivity contribution in [2.75, 3.05) is 13.1 Å². The van der Waals surface area contributed by atoms with Gasteiger partial charge in [-0.3, -0.25) is 19.2 Å². The monoisotopic (exact) mass is 348 g/mol. The molecule has 138 valence electrons. The summed E-state index contributed by atoms with van der Waals surface area (Å²) < 4.78 is 0. The van der Waals surface area contributed by atoms with Crippen molar-refractivity contribution < 1.29 is 38.5 Å². The topological polar surface area (TPSA) is 112 Å². The molecule has 10 nitrogen and oxygen atoms in total. The van der Waals surface area contributed by atoms with E-state index in [2.05, 4.69) is 0 Å². The molecule has 0 aliphatic rings. The Kier molecular flexibility index (Phi) is 11.1. The third-order valence-corrected chi connectivity index (χ3v) is 2.35. The molecule has 0 aliphatic heterocycles. The molecular weight excluding hydrogens is 324 g/mol. The van der Waals surface area contributed by atoms with Crippen molar-refractivity contribution in [3.63, 3.8) is 0 Å². The standard InChI is InChI=1S/C14H24N2O8/c1-11(17)21-15(22-12(2)18)9-7-5-6-8-10-16(23-13(3)19)24-14(4)20/h5-10H2,1-4H3. The highest BCUT2D eigenvalue weighted by Gasteiger charge is 2.13. The Morgan fingerprint density at radius 3 is 1.00 bits per heavy atom. The van der Waals surface area contributed by atoms with E-state index in [1.54, 1.807) is 0 Å². The summed E-state index contributed by atoms with van der Waals surface area (Å²) in [4.78, 5) is 62.4. The lowest BCUT2D eigenvalue weighted by molar-refractivity contribution is -0.325. The molecule has 24 heavy (non-hydrogen) atoms. The van der Waals surface area contributed by atoms with Gasteiger partial charge in [0.2, 0.25) is 0 Å². The summed E-state index contributed by atoms with van der Waals surface area (Å²) in [6, 6.07) is 0. The van der Waals surface area contributed by atoms with Gasteiger partial charge in [-0.2, -0.15) is 0 Å². The summed E-state index contributed by atoms with van der Waals surface area (Å²) in [6.45, 7) is 5.28. The van der Waals surface area contributed by atoms with E-state index in [-0.39, 0.29) is 13.1 Å². The first-order chi connectivity index (χ1) is 11.2. The van der Waals surface area contributed by atoms with Crippen molar-refractivity contribution >= 4 is 23.9 Å². The summed E-state index contributed by atoms with van der Waals surface area (Å²) in [5.41, 5.74) is 0. The highest BCUT2D eigenvalue weighted by atomic mass is 17.0. The van der Waals surface area contributed by atoms with Gasteiger partial charge in [-0.1, -0.05) is 12.8 Å². The maximum atomic E-state index is 10.9. The van der Waals surface area contributed by atoms with Crippen LogP contribution < -0.4 is 0 Å². The predicted molar refractivity (Wildman–Crippen MR) is 78.9 cm³/mol. The molecule has 0 aromatic heterocycles. The van der Waals surface area contributed by atoms with Crippen LogP contribution in [0.2, 0.25) is 0 Å². The van der Waals surface area contributed by atoms with Crippen molar-refractivity contribution in [1.82, 2.24) is 10.5 Å². The van der Waals surface area contributed by atoms with Gasteiger partial charge in [0, 0.05) is 38.1 Å². The summed E-state index contributed by atoms with van der Waals surface area (Å²) in [5, 5.41) is 1.68. The van der Waals surface area contributed by atoms with E-state index >= 15 is 0 Å². The number of hydrogen-bond donors (Lipinski definition) is 0. The van der Waals surface area contributed by atoms with Gasteiger partial charge in [0.05, 0.1) is 13.1 Å². The van der Waals surface area contributed by atoms with Crippen molar-refractivity contribution in [1.29, 1.82) is 0 Å². The van der Waals surface area contributed by atoms with Crippen LogP contribution in [0.4, 0.5) is 0 Å². The zero-order valence-corrected chi connectivity index (χ0v) is 14.4. The van der Waals surface area contributed by atoms with E-state index in [9.17, 15) is 19.2 Å². The Balaban J connectivity index is 3.99. The smallest absolute Gasteiger partial charge is 0.326 e. The van der Waals surface area contributed by atoms with Gasteiger partial charge in [0.25, 0.3) is 0 Å². The van der Waals surface area contributed by atoms with E-state index in [0.29, 0.717) is 12.8 Å². The Bertz CT molecular complexity index is 368. The molecule has 10 heteroatoms. The first kappa shape index (κ1) is 21.8. The quantitative estimate of drug-likeness (QED) is 0.397. The number of nitrogens with zero attached hydrogens (tertiary/aromatic N) is 2. The lowest BCUT2D eigenvalue weighted by Crippen LogP contribution is -2.30. The van der Waals surface area contributed by atoms with Crippen LogP contribution in [0.1, 0.15) is 53.4 Å². The molecule has 0 aliphatic carbocycles. The third-order valence-electron chi connectivity index (χ3n) is 2.35. The highest BCUT2D eigenvalue weighted by Crippen LogP contribution is 2.06. The summed E-state index contributed by atoms with van der Waals surface area (Å²) in [6.07, 6.45) is 2.66. The van der Waals surface area contributed by atoms with E-state index in [4.69, 9.17) is 19.4 Å². The Hall–Kier alpha value is -2.20. The van der Waals surface area contributed by atoms with E-state index in [1.165, 1.54) is 27.7 Å². The second-order valence-electron chi connectivity index (χ2n) is 4.86. The fraction of sp³-hybridized carbons (Fsp3) is 0.714. The molecule has 0 heterocycles. The Morgan fingerprint density at radius 2 is 0.792 bits per heavy atom. The fourth-order valence-electron chi connectivity index (χ4n) is 1.63. The second-order valence-corrected chi connectivity index (χ2v) is 4.86. The number of carbonyl (C=O) groups is 4. The van der Waals surface area contributed by atoms with Crippen LogP contribution in [-0.4, -0.2) is 47.4 Å². The molecule has 0 spiro atoms. The summed E-state index contributed by atoms with van der Waals surface area (Å²) in [7, 11) is 0. The number of rotatable bonds is 11. The molecule has 0 radical (unpaired) electrons. The largest absolute Gasteiger partial charge is 0.333 e. The van der Waals surface area contributed by atoms with Crippen molar-refractivity contribution in [2.24, 2.45) is 0 Å². The van der Waals surface area contributed by atoms with Gasteiger partial charge < -0.3 is 19.4 Å². The molecule has 0 amide bonds. The molecular formula is C14H24N2O8. The lowest BCUT2D eigenvalue weighted by Gasteiger charge is -2.18. The summed E-state index contributed by atoms with van der Waals surface area (Å²) in [5.74, 6) is -2.35. The first-order valence-electron chi connectivity index (χ1n) is 7.50. The van der Waals surface area contributed by atoms with Gasteiger partial charge >= 0.3 is 23.9 Å². The van der Waals surface area contributed by atoms with Crippen LogP contribution in [0.15, 0.2) is 0 Å². The van der Waals surface area contributed by atoms with E-state index < -0.39 is 23.9 Å². The lowest BCUT2D eigenvalue weighted by atomic mass is 10.2. The first-order valence-corrected chi connectivity index (χ1v) is 7.50. The van der Waals surface area contributed by atoms with Crippen LogP contribution >= 0.6 is 0 Å². The maximum Gasteiger partial charge on any atom is 0.326 e. The third kappa shape index (κ3) is 13.5. The minimum Gasteiger partial charge on any atom is -0.333 e. The molecule has 0 atom stereocenters. The zero-order chi connectivity index (χ0) is 18.5. The van der Waals surface area contributed by atoms with Crippen LogP contribution in [0.3, 0.4) is 0 Å². The number of hydrogen-bond acceptors (Lipinski definition) is 10. The van der Waals surface area contributed by atoms with Gasteiger partial charge in [0.15, 0.2) is 0 Å². The normalized spacial score (nSPS) is 10.4. The average Bonchev–Trinajstić information content (AvgIpc) is 2.39. The summed E-state index contributed by atoms with van der Waals surface area (Å²) >= 11 is 0. The molecule has 0 saturated carbocycles. The van der Waals surface area contributed by atoms with Crippen LogP contribution in [0, 0.1) is 0 Å². The molecule has 0 N–H and O–H groups in total. The number of unbranched alkanes of at least 4 members (excludes halogenated alkanes) is 3. The van der Waals surface area contributed by atoms with Crippen molar-refractivity contribution in [3.8, 4) is 0 Å². The van der Waals surface area contributed by atoms with Gasteiger partial charge in [0.1, 0.15) is 0 Å². The molecule has 0 fully saturated rings. The number of carbonyl (C=O) groups excluding carboxylic acids is 4. The van der Waals surface area contributed by atoms with Crippen LogP contribution in [-0.2, 0) is 38.5 Å². The number of hydroxylamine groups is 4. The average molecular weight is 348 g/mol. The minimum atomic E-state index is -0.588. The molecule has 0 aromatic carbocycles. The van der Waals surface area contributed by atoms with Crippen molar-refractivity contribution in [3.05, 3.63) is 0 Å². The van der Waals surface area contributed by atoms with Crippen LogP contribution in [0.5, 0.6) is 0 Å². The van der Waals surface area contributed by atoms with E-state index in [0.717, 1.165) is 23.3 Å². The van der Waals surface area contributed by atoms with Gasteiger partial charge in [-0.25, -0.2) is 0 Å².